The first-order valence-corrected chi connectivity index (χ1v) is 8.09. The Morgan fingerprint density at radius 3 is 2.75 bits per heavy atom. The van der Waals surface area contributed by atoms with Crippen LogP contribution in [-0.2, 0) is 22.7 Å². The second kappa shape index (κ2) is 7.95. The lowest BCUT2D eigenvalue weighted by molar-refractivity contribution is -0.129. The lowest BCUT2D eigenvalue weighted by Crippen LogP contribution is -2.51. The monoisotopic (exact) mass is 326 g/mol. The van der Waals surface area contributed by atoms with Crippen molar-refractivity contribution < 1.29 is 14.3 Å². The minimum atomic E-state index is -0.368. The molecule has 3 rings (SSSR count). The summed E-state index contributed by atoms with van der Waals surface area (Å²) in [6, 6.07) is 17.6. The van der Waals surface area contributed by atoms with Crippen LogP contribution in [0.4, 0.5) is 0 Å². The maximum Gasteiger partial charge on any atom is 0.237 e. The van der Waals surface area contributed by atoms with E-state index in [1.807, 2.05) is 54.6 Å². The number of hydrogen-bond donors (Lipinski definition) is 1. The van der Waals surface area contributed by atoms with Crippen LogP contribution < -0.4 is 10.5 Å². The number of nitrogens with two attached hydrogens (primary N) is 1. The van der Waals surface area contributed by atoms with Crippen molar-refractivity contribution in [3.63, 3.8) is 0 Å². The Bertz CT molecular complexity index is 675. The molecule has 1 aliphatic rings. The van der Waals surface area contributed by atoms with Crippen molar-refractivity contribution >= 4 is 5.91 Å². The highest BCUT2D eigenvalue weighted by molar-refractivity contribution is 5.80. The van der Waals surface area contributed by atoms with Crippen molar-refractivity contribution in [2.75, 3.05) is 19.8 Å². The van der Waals surface area contributed by atoms with Crippen molar-refractivity contribution in [1.29, 1.82) is 0 Å². The van der Waals surface area contributed by atoms with E-state index in [0.29, 0.717) is 32.9 Å². The van der Waals surface area contributed by atoms with Gasteiger partial charge in [0.05, 0.1) is 13.2 Å². The van der Waals surface area contributed by atoms with Crippen LogP contribution in [0.3, 0.4) is 0 Å². The number of ether oxygens (including phenoxy) is 2. The van der Waals surface area contributed by atoms with Gasteiger partial charge in [-0.1, -0.05) is 42.5 Å². The number of primary amides is 1. The molecule has 1 aliphatic heterocycles. The van der Waals surface area contributed by atoms with Gasteiger partial charge in [0.25, 0.3) is 0 Å². The first kappa shape index (κ1) is 16.5. The van der Waals surface area contributed by atoms with Crippen LogP contribution in [0.1, 0.15) is 11.1 Å². The molecule has 1 saturated heterocycles. The molecule has 2 N–H and O–H groups in total. The molecule has 1 unspecified atom stereocenters. The molecule has 0 spiro atoms. The molecule has 1 amide bonds. The summed E-state index contributed by atoms with van der Waals surface area (Å²) in [7, 11) is 0. The molecule has 1 fully saturated rings. The van der Waals surface area contributed by atoms with Crippen LogP contribution in [0.25, 0.3) is 0 Å². The van der Waals surface area contributed by atoms with E-state index in [-0.39, 0.29) is 11.9 Å². The third-order valence-electron chi connectivity index (χ3n) is 4.10. The van der Waals surface area contributed by atoms with Gasteiger partial charge in [0.2, 0.25) is 5.91 Å². The number of hydrogen-bond acceptors (Lipinski definition) is 4. The summed E-state index contributed by atoms with van der Waals surface area (Å²) >= 11 is 0. The Hall–Kier alpha value is -2.37. The van der Waals surface area contributed by atoms with Crippen molar-refractivity contribution in [3.05, 3.63) is 65.7 Å². The van der Waals surface area contributed by atoms with Crippen molar-refractivity contribution in [2.45, 2.75) is 19.2 Å². The molecule has 126 valence electrons. The smallest absolute Gasteiger partial charge is 0.237 e. The van der Waals surface area contributed by atoms with E-state index in [2.05, 4.69) is 4.90 Å². The minimum absolute atomic E-state index is 0.341. The molecule has 0 bridgehead atoms. The fraction of sp³-hybridized carbons (Fsp3) is 0.316. The molecule has 1 atom stereocenters. The normalized spacial score (nSPS) is 18.2. The van der Waals surface area contributed by atoms with E-state index in [4.69, 9.17) is 15.2 Å². The highest BCUT2D eigenvalue weighted by atomic mass is 16.5. The predicted molar refractivity (Wildman–Crippen MR) is 91.4 cm³/mol. The Labute approximate surface area is 142 Å². The van der Waals surface area contributed by atoms with Gasteiger partial charge < -0.3 is 15.2 Å². The van der Waals surface area contributed by atoms with E-state index >= 15 is 0 Å². The van der Waals surface area contributed by atoms with Gasteiger partial charge in [-0.15, -0.1) is 0 Å². The molecule has 0 aromatic heterocycles. The highest BCUT2D eigenvalue weighted by Gasteiger charge is 2.27. The third-order valence-corrected chi connectivity index (χ3v) is 4.10. The Morgan fingerprint density at radius 1 is 1.17 bits per heavy atom. The topological polar surface area (TPSA) is 64.8 Å². The number of carbonyl (C=O) groups excluding carboxylic acids is 1. The van der Waals surface area contributed by atoms with Gasteiger partial charge in [-0.05, 0) is 23.3 Å². The quantitative estimate of drug-likeness (QED) is 0.881. The molecule has 5 heteroatoms. The molecular formula is C19H22N2O3. The van der Waals surface area contributed by atoms with Gasteiger partial charge >= 0.3 is 0 Å². The van der Waals surface area contributed by atoms with Crippen molar-refractivity contribution in [2.24, 2.45) is 5.73 Å². The third kappa shape index (κ3) is 4.34. The first-order chi connectivity index (χ1) is 11.7. The van der Waals surface area contributed by atoms with E-state index in [9.17, 15) is 4.79 Å². The fourth-order valence-corrected chi connectivity index (χ4v) is 2.80. The zero-order valence-electron chi connectivity index (χ0n) is 13.6. The van der Waals surface area contributed by atoms with Gasteiger partial charge in [-0.25, -0.2) is 0 Å². The van der Waals surface area contributed by atoms with Crippen LogP contribution in [0.15, 0.2) is 54.6 Å². The molecule has 1 heterocycles. The summed E-state index contributed by atoms with van der Waals surface area (Å²) < 4.78 is 11.2. The minimum Gasteiger partial charge on any atom is -0.489 e. The van der Waals surface area contributed by atoms with E-state index < -0.39 is 0 Å². The maximum atomic E-state index is 11.6. The van der Waals surface area contributed by atoms with Crippen molar-refractivity contribution in [3.8, 4) is 5.75 Å². The van der Waals surface area contributed by atoms with Gasteiger partial charge in [-0.2, -0.15) is 0 Å². The number of carbonyl (C=O) groups is 1. The summed E-state index contributed by atoms with van der Waals surface area (Å²) in [5, 5.41) is 0. The molecule has 0 radical (unpaired) electrons. The SMILES string of the molecule is NC(=O)C1COCCN1Cc1cccc(OCc2ccccc2)c1. The molecule has 24 heavy (non-hydrogen) atoms. The highest BCUT2D eigenvalue weighted by Crippen LogP contribution is 2.18. The molecular weight excluding hydrogens is 304 g/mol. The van der Waals surface area contributed by atoms with Crippen molar-refractivity contribution in [1.82, 2.24) is 4.90 Å². The number of morpholine rings is 1. The largest absolute Gasteiger partial charge is 0.489 e. The number of amides is 1. The molecule has 2 aromatic carbocycles. The molecule has 5 nitrogen and oxygen atoms in total. The Kier molecular flexibility index (Phi) is 5.46. The average molecular weight is 326 g/mol. The van der Waals surface area contributed by atoms with Gasteiger partial charge in [0, 0.05) is 13.1 Å². The molecule has 0 saturated carbocycles. The Morgan fingerprint density at radius 2 is 1.96 bits per heavy atom. The summed E-state index contributed by atoms with van der Waals surface area (Å²) in [6.45, 7) is 2.86. The maximum absolute atomic E-state index is 11.6. The van der Waals surface area contributed by atoms with Crippen LogP contribution in [0.2, 0.25) is 0 Å². The average Bonchev–Trinajstić information content (AvgIpc) is 2.61. The number of benzene rings is 2. The standard InChI is InChI=1S/C19H22N2O3/c20-19(22)18-14-23-10-9-21(18)12-16-7-4-8-17(11-16)24-13-15-5-2-1-3-6-15/h1-8,11,18H,9-10,12-14H2,(H2,20,22). The van der Waals surface area contributed by atoms with Crippen LogP contribution in [0, 0.1) is 0 Å². The summed E-state index contributed by atoms with van der Waals surface area (Å²) in [6.07, 6.45) is 0. The summed E-state index contributed by atoms with van der Waals surface area (Å²) in [5.74, 6) is 0.478. The van der Waals surface area contributed by atoms with E-state index in [1.54, 1.807) is 0 Å². The van der Waals surface area contributed by atoms with Gasteiger partial charge in [0.15, 0.2) is 0 Å². The first-order valence-electron chi connectivity index (χ1n) is 8.09. The molecule has 2 aromatic rings. The van der Waals surface area contributed by atoms with Crippen LogP contribution in [-0.4, -0.2) is 36.6 Å². The van der Waals surface area contributed by atoms with Gasteiger partial charge in [-0.3, -0.25) is 9.69 Å². The number of rotatable bonds is 6. The number of nitrogens with zero attached hydrogens (tertiary/aromatic N) is 1. The Balaban J connectivity index is 1.63. The van der Waals surface area contributed by atoms with E-state index in [0.717, 1.165) is 16.9 Å². The van der Waals surface area contributed by atoms with Crippen LogP contribution in [0.5, 0.6) is 5.75 Å². The van der Waals surface area contributed by atoms with E-state index in [1.165, 1.54) is 0 Å². The fourth-order valence-electron chi connectivity index (χ4n) is 2.80. The summed E-state index contributed by atoms with van der Waals surface area (Å²) in [4.78, 5) is 13.6. The zero-order valence-corrected chi connectivity index (χ0v) is 13.6. The summed E-state index contributed by atoms with van der Waals surface area (Å²) in [5.41, 5.74) is 7.69. The van der Waals surface area contributed by atoms with Crippen LogP contribution >= 0.6 is 0 Å². The predicted octanol–water partition coefficient (Wildman–Crippen LogP) is 1.95. The zero-order chi connectivity index (χ0) is 16.8. The molecule has 0 aliphatic carbocycles. The lowest BCUT2D eigenvalue weighted by atomic mass is 10.1. The lowest BCUT2D eigenvalue weighted by Gasteiger charge is -2.33. The van der Waals surface area contributed by atoms with Gasteiger partial charge in [0.1, 0.15) is 18.4 Å². The second-order valence-corrected chi connectivity index (χ2v) is 5.89. The second-order valence-electron chi connectivity index (χ2n) is 5.89.